The Kier molecular flexibility index (Phi) is 5.35. The van der Waals surface area contributed by atoms with Crippen molar-refractivity contribution in [1.82, 2.24) is 4.98 Å². The number of pyridine rings is 1. The van der Waals surface area contributed by atoms with E-state index in [1.165, 1.54) is 12.8 Å². The zero-order valence-corrected chi connectivity index (χ0v) is 12.1. The molecule has 1 unspecified atom stereocenters. The van der Waals surface area contributed by atoms with E-state index in [9.17, 15) is 4.79 Å². The summed E-state index contributed by atoms with van der Waals surface area (Å²) in [5.41, 5.74) is 6.51. The minimum absolute atomic E-state index is 0.0408. The number of aromatic nitrogens is 1. The summed E-state index contributed by atoms with van der Waals surface area (Å²) >= 11 is 0. The Morgan fingerprint density at radius 2 is 2.25 bits per heavy atom. The van der Waals surface area contributed by atoms with E-state index in [0.29, 0.717) is 6.42 Å². The summed E-state index contributed by atoms with van der Waals surface area (Å²) in [6.45, 7) is 4.00. The highest BCUT2D eigenvalue weighted by atomic mass is 16.1. The lowest BCUT2D eigenvalue weighted by atomic mass is 10.1. The van der Waals surface area contributed by atoms with Gasteiger partial charge in [0.15, 0.2) is 5.82 Å². The Hall–Kier alpha value is -1.62. The third-order valence-corrected chi connectivity index (χ3v) is 3.53. The first kappa shape index (κ1) is 14.8. The van der Waals surface area contributed by atoms with Gasteiger partial charge in [0.25, 0.3) is 0 Å². The zero-order chi connectivity index (χ0) is 14.4. The van der Waals surface area contributed by atoms with E-state index >= 15 is 0 Å². The topological polar surface area (TPSA) is 71.2 Å². The molecule has 0 bridgehead atoms. The third-order valence-electron chi connectivity index (χ3n) is 3.53. The molecule has 1 saturated heterocycles. The van der Waals surface area contributed by atoms with Crippen molar-refractivity contribution in [2.24, 2.45) is 5.73 Å². The molecule has 1 aliphatic rings. The molecule has 2 rings (SSSR count). The van der Waals surface area contributed by atoms with Gasteiger partial charge in [-0.05, 0) is 44.7 Å². The predicted octanol–water partition coefficient (Wildman–Crippen LogP) is 2.14. The molecular weight excluding hydrogens is 252 g/mol. The molecule has 1 aromatic heterocycles. The Balaban J connectivity index is 1.93. The van der Waals surface area contributed by atoms with Crippen molar-refractivity contribution in [3.8, 4) is 0 Å². The van der Waals surface area contributed by atoms with Crippen LogP contribution in [0.25, 0.3) is 0 Å². The average molecular weight is 276 g/mol. The van der Waals surface area contributed by atoms with Gasteiger partial charge in [-0.3, -0.25) is 4.79 Å². The largest absolute Gasteiger partial charge is 0.355 e. The summed E-state index contributed by atoms with van der Waals surface area (Å²) in [6.07, 6.45) is 6.37. The van der Waals surface area contributed by atoms with Crippen LogP contribution in [0.3, 0.4) is 0 Å². The standard InChI is InChI=1S/C15H24N4O/c1-12(16)6-4-8-14(20)18-13-7-5-9-17-15(13)19-10-2-3-11-19/h5,7,9,12H,2-4,6,8,10-11,16H2,1H3,(H,18,20). The van der Waals surface area contributed by atoms with Crippen molar-refractivity contribution in [2.45, 2.75) is 45.1 Å². The van der Waals surface area contributed by atoms with Gasteiger partial charge in [0, 0.05) is 31.7 Å². The van der Waals surface area contributed by atoms with E-state index in [-0.39, 0.29) is 11.9 Å². The molecule has 0 aromatic carbocycles. The Morgan fingerprint density at radius 1 is 1.50 bits per heavy atom. The molecular formula is C15H24N4O. The minimum atomic E-state index is 0.0408. The summed E-state index contributed by atoms with van der Waals surface area (Å²) < 4.78 is 0. The zero-order valence-electron chi connectivity index (χ0n) is 12.1. The SMILES string of the molecule is CC(N)CCCC(=O)Nc1cccnc1N1CCCC1. The maximum atomic E-state index is 12.0. The van der Waals surface area contributed by atoms with Gasteiger partial charge in [0.2, 0.25) is 5.91 Å². The molecule has 1 atom stereocenters. The number of anilines is 2. The highest BCUT2D eigenvalue weighted by Gasteiger charge is 2.17. The van der Waals surface area contributed by atoms with Crippen molar-refractivity contribution in [3.63, 3.8) is 0 Å². The van der Waals surface area contributed by atoms with Gasteiger partial charge in [-0.25, -0.2) is 4.98 Å². The van der Waals surface area contributed by atoms with Crippen LogP contribution >= 0.6 is 0 Å². The molecule has 110 valence electrons. The van der Waals surface area contributed by atoms with Crippen LogP contribution in [-0.2, 0) is 4.79 Å². The van der Waals surface area contributed by atoms with Crippen molar-refractivity contribution in [3.05, 3.63) is 18.3 Å². The molecule has 1 fully saturated rings. The summed E-state index contributed by atoms with van der Waals surface area (Å²) in [6, 6.07) is 3.93. The second-order valence-corrected chi connectivity index (χ2v) is 5.49. The predicted molar refractivity (Wildman–Crippen MR) is 81.8 cm³/mol. The maximum Gasteiger partial charge on any atom is 0.224 e. The van der Waals surface area contributed by atoms with Gasteiger partial charge < -0.3 is 16.0 Å². The highest BCUT2D eigenvalue weighted by molar-refractivity contribution is 5.93. The van der Waals surface area contributed by atoms with Crippen LogP contribution in [0, 0.1) is 0 Å². The number of nitrogens with one attached hydrogen (secondary N) is 1. The van der Waals surface area contributed by atoms with Crippen LogP contribution in [0.5, 0.6) is 0 Å². The molecule has 3 N–H and O–H groups in total. The molecule has 1 amide bonds. The van der Waals surface area contributed by atoms with Crippen molar-refractivity contribution in [2.75, 3.05) is 23.3 Å². The Labute approximate surface area is 120 Å². The number of hydrogen-bond donors (Lipinski definition) is 2. The Bertz CT molecular complexity index is 441. The number of carbonyl (C=O) groups is 1. The molecule has 0 radical (unpaired) electrons. The second kappa shape index (κ2) is 7.24. The van der Waals surface area contributed by atoms with E-state index in [4.69, 9.17) is 5.73 Å². The normalized spacial score (nSPS) is 16.2. The van der Waals surface area contributed by atoms with Gasteiger partial charge in [-0.1, -0.05) is 0 Å². The van der Waals surface area contributed by atoms with Crippen LogP contribution in [-0.4, -0.2) is 30.0 Å². The van der Waals surface area contributed by atoms with E-state index in [1.807, 2.05) is 19.1 Å². The lowest BCUT2D eigenvalue weighted by Crippen LogP contribution is -2.22. The monoisotopic (exact) mass is 276 g/mol. The fraction of sp³-hybridized carbons (Fsp3) is 0.600. The minimum Gasteiger partial charge on any atom is -0.355 e. The van der Waals surface area contributed by atoms with Gasteiger partial charge in [-0.15, -0.1) is 0 Å². The summed E-state index contributed by atoms with van der Waals surface area (Å²) in [7, 11) is 0. The fourth-order valence-corrected chi connectivity index (χ4v) is 2.47. The van der Waals surface area contributed by atoms with Crippen LogP contribution < -0.4 is 16.0 Å². The molecule has 5 nitrogen and oxygen atoms in total. The van der Waals surface area contributed by atoms with E-state index < -0.39 is 0 Å². The van der Waals surface area contributed by atoms with Crippen LogP contribution in [0.2, 0.25) is 0 Å². The van der Waals surface area contributed by atoms with Gasteiger partial charge in [0.05, 0.1) is 5.69 Å². The average Bonchev–Trinajstić information content (AvgIpc) is 2.92. The molecule has 1 aromatic rings. The van der Waals surface area contributed by atoms with Gasteiger partial charge in [0.1, 0.15) is 0 Å². The quantitative estimate of drug-likeness (QED) is 0.835. The molecule has 20 heavy (non-hydrogen) atoms. The summed E-state index contributed by atoms with van der Waals surface area (Å²) in [5, 5.41) is 2.98. The second-order valence-electron chi connectivity index (χ2n) is 5.49. The molecule has 0 spiro atoms. The number of hydrogen-bond acceptors (Lipinski definition) is 4. The Morgan fingerprint density at radius 3 is 2.95 bits per heavy atom. The molecule has 0 aliphatic carbocycles. The van der Waals surface area contributed by atoms with Gasteiger partial charge in [-0.2, -0.15) is 0 Å². The molecule has 0 saturated carbocycles. The lowest BCUT2D eigenvalue weighted by molar-refractivity contribution is -0.116. The lowest BCUT2D eigenvalue weighted by Gasteiger charge is -2.20. The van der Waals surface area contributed by atoms with Crippen LogP contribution in [0.4, 0.5) is 11.5 Å². The number of nitrogens with zero attached hydrogens (tertiary/aromatic N) is 2. The number of amides is 1. The highest BCUT2D eigenvalue weighted by Crippen LogP contribution is 2.26. The molecule has 2 heterocycles. The van der Waals surface area contributed by atoms with Crippen LogP contribution in [0.15, 0.2) is 18.3 Å². The fourth-order valence-electron chi connectivity index (χ4n) is 2.47. The van der Waals surface area contributed by atoms with Crippen LogP contribution in [0.1, 0.15) is 39.0 Å². The summed E-state index contributed by atoms with van der Waals surface area (Å²) in [4.78, 5) is 18.6. The summed E-state index contributed by atoms with van der Waals surface area (Å²) in [5.74, 6) is 0.935. The van der Waals surface area contributed by atoms with Crippen molar-refractivity contribution >= 4 is 17.4 Å². The molecule has 1 aliphatic heterocycles. The van der Waals surface area contributed by atoms with E-state index in [2.05, 4.69) is 15.2 Å². The first-order chi connectivity index (χ1) is 9.66. The third kappa shape index (κ3) is 4.20. The number of rotatable bonds is 6. The van der Waals surface area contributed by atoms with Gasteiger partial charge >= 0.3 is 0 Å². The number of nitrogens with two attached hydrogens (primary N) is 1. The van der Waals surface area contributed by atoms with Crippen molar-refractivity contribution in [1.29, 1.82) is 0 Å². The first-order valence-corrected chi connectivity index (χ1v) is 7.42. The van der Waals surface area contributed by atoms with E-state index in [1.54, 1.807) is 6.20 Å². The first-order valence-electron chi connectivity index (χ1n) is 7.42. The van der Waals surface area contributed by atoms with Crippen molar-refractivity contribution < 1.29 is 4.79 Å². The smallest absolute Gasteiger partial charge is 0.224 e. The molecule has 5 heteroatoms. The van der Waals surface area contributed by atoms with E-state index in [0.717, 1.165) is 37.4 Å². The maximum absolute atomic E-state index is 12.0. The number of carbonyl (C=O) groups excluding carboxylic acids is 1.